The molecule has 4 heteroatoms. The molecule has 0 saturated heterocycles. The van der Waals surface area contributed by atoms with Crippen molar-refractivity contribution in [2.24, 2.45) is 0 Å². The third-order valence-electron chi connectivity index (χ3n) is 5.29. The molecule has 1 aromatic heterocycles. The number of rotatable bonds is 4. The van der Waals surface area contributed by atoms with Gasteiger partial charge in [-0.3, -0.25) is 4.79 Å². The van der Waals surface area contributed by atoms with Crippen LogP contribution in [0.15, 0.2) is 66.9 Å². The molecule has 4 nitrogen and oxygen atoms in total. The molecule has 1 amide bonds. The fourth-order valence-electron chi connectivity index (χ4n) is 3.71. The van der Waals surface area contributed by atoms with Gasteiger partial charge in [0.15, 0.2) is 0 Å². The highest BCUT2D eigenvalue weighted by molar-refractivity contribution is 5.98. The summed E-state index contributed by atoms with van der Waals surface area (Å²) in [6, 6.07) is 20.5. The lowest BCUT2D eigenvalue weighted by Crippen LogP contribution is -2.30. The Hall–Kier alpha value is -3.53. The van der Waals surface area contributed by atoms with Crippen molar-refractivity contribution >= 4 is 16.7 Å². The Labute approximate surface area is 177 Å². The van der Waals surface area contributed by atoms with Crippen molar-refractivity contribution < 1.29 is 4.79 Å². The number of nitrogens with one attached hydrogen (secondary N) is 1. The van der Waals surface area contributed by atoms with Gasteiger partial charge in [-0.1, -0.05) is 42.5 Å². The van der Waals surface area contributed by atoms with Gasteiger partial charge in [0.25, 0.3) is 5.91 Å². The first-order valence-electron chi connectivity index (χ1n) is 10.2. The predicted octanol–water partition coefficient (Wildman–Crippen LogP) is 5.72. The van der Waals surface area contributed by atoms with Crippen LogP contribution in [0.3, 0.4) is 0 Å². The van der Waals surface area contributed by atoms with Gasteiger partial charge in [0.1, 0.15) is 5.69 Å². The number of aromatic nitrogens is 2. The first-order chi connectivity index (χ1) is 14.4. The molecule has 0 atom stereocenters. The van der Waals surface area contributed by atoms with Crippen LogP contribution in [0.4, 0.5) is 0 Å². The van der Waals surface area contributed by atoms with Gasteiger partial charge in [-0.15, -0.1) is 5.10 Å². The summed E-state index contributed by atoms with van der Waals surface area (Å²) in [5, 5.41) is 13.7. The molecule has 150 valence electrons. The SMILES string of the molecule is Cc1ccc(C(=O)NC(C)C)cc1-c1ccc2c(-c3ccccc3C)nncc2c1. The van der Waals surface area contributed by atoms with Crippen LogP contribution >= 0.6 is 0 Å². The second kappa shape index (κ2) is 8.07. The standard InChI is InChI=1S/C26H25N3O/c1-16(2)28-26(30)20-10-9-18(4)24(14-20)19-11-12-23-21(13-19)15-27-29-25(23)22-8-6-5-7-17(22)3/h5-16H,1-4H3,(H,28,30). The maximum atomic E-state index is 12.5. The minimum atomic E-state index is -0.0558. The molecule has 0 saturated carbocycles. The number of hydrogen-bond donors (Lipinski definition) is 1. The van der Waals surface area contributed by atoms with Crippen molar-refractivity contribution in [2.75, 3.05) is 0 Å². The average Bonchev–Trinajstić information content (AvgIpc) is 2.73. The van der Waals surface area contributed by atoms with Crippen molar-refractivity contribution in [3.05, 3.63) is 83.6 Å². The molecule has 1 heterocycles. The van der Waals surface area contributed by atoms with Gasteiger partial charge in [-0.2, -0.15) is 5.10 Å². The number of benzene rings is 3. The van der Waals surface area contributed by atoms with E-state index in [0.29, 0.717) is 5.56 Å². The van der Waals surface area contributed by atoms with E-state index >= 15 is 0 Å². The predicted molar refractivity (Wildman–Crippen MR) is 122 cm³/mol. The van der Waals surface area contributed by atoms with Crippen LogP contribution < -0.4 is 5.32 Å². The summed E-state index contributed by atoms with van der Waals surface area (Å²) < 4.78 is 0. The van der Waals surface area contributed by atoms with E-state index in [4.69, 9.17) is 0 Å². The molecule has 0 aliphatic rings. The molecule has 0 aliphatic heterocycles. The molecule has 0 unspecified atom stereocenters. The zero-order valence-corrected chi connectivity index (χ0v) is 17.7. The third kappa shape index (κ3) is 3.81. The molecule has 0 fully saturated rings. The fourth-order valence-corrected chi connectivity index (χ4v) is 3.71. The van der Waals surface area contributed by atoms with Gasteiger partial charge in [0.2, 0.25) is 0 Å². The highest BCUT2D eigenvalue weighted by Crippen LogP contribution is 2.32. The summed E-state index contributed by atoms with van der Waals surface area (Å²) in [6.45, 7) is 8.07. The third-order valence-corrected chi connectivity index (χ3v) is 5.29. The Morgan fingerprint density at radius 2 is 1.67 bits per heavy atom. The number of carbonyl (C=O) groups is 1. The largest absolute Gasteiger partial charge is 0.350 e. The summed E-state index contributed by atoms with van der Waals surface area (Å²) in [5.74, 6) is -0.0558. The summed E-state index contributed by atoms with van der Waals surface area (Å²) in [4.78, 5) is 12.5. The van der Waals surface area contributed by atoms with Crippen molar-refractivity contribution in [2.45, 2.75) is 33.7 Å². The molecule has 0 radical (unpaired) electrons. The summed E-state index contributed by atoms with van der Waals surface area (Å²) in [7, 11) is 0. The van der Waals surface area contributed by atoms with Crippen LogP contribution in [0.25, 0.3) is 33.2 Å². The Bertz CT molecular complexity index is 1240. The van der Waals surface area contributed by atoms with E-state index in [1.54, 1.807) is 6.20 Å². The van der Waals surface area contributed by atoms with Crippen LogP contribution in [0, 0.1) is 13.8 Å². The number of aryl methyl sites for hydroxylation is 2. The molecular formula is C26H25N3O. The molecule has 0 bridgehead atoms. The van der Waals surface area contributed by atoms with Crippen LogP contribution in [0.1, 0.15) is 35.3 Å². The summed E-state index contributed by atoms with van der Waals surface area (Å²) in [6.07, 6.45) is 1.80. The quantitative estimate of drug-likeness (QED) is 0.481. The second-order valence-electron chi connectivity index (χ2n) is 7.97. The zero-order chi connectivity index (χ0) is 21.3. The topological polar surface area (TPSA) is 54.9 Å². The van der Waals surface area contributed by atoms with Gasteiger partial charge in [-0.05, 0) is 68.1 Å². The highest BCUT2D eigenvalue weighted by atomic mass is 16.1. The van der Waals surface area contributed by atoms with E-state index in [1.807, 2.05) is 44.2 Å². The highest BCUT2D eigenvalue weighted by Gasteiger charge is 2.13. The van der Waals surface area contributed by atoms with Gasteiger partial charge in [0.05, 0.1) is 6.20 Å². The minimum absolute atomic E-state index is 0.0558. The Morgan fingerprint density at radius 1 is 0.900 bits per heavy atom. The average molecular weight is 396 g/mol. The normalized spacial score (nSPS) is 11.1. The number of nitrogens with zero attached hydrogens (tertiary/aromatic N) is 2. The Morgan fingerprint density at radius 3 is 2.43 bits per heavy atom. The Balaban J connectivity index is 1.80. The van der Waals surface area contributed by atoms with Gasteiger partial charge in [-0.25, -0.2) is 0 Å². The first-order valence-corrected chi connectivity index (χ1v) is 10.2. The smallest absolute Gasteiger partial charge is 0.251 e. The first kappa shape index (κ1) is 19.8. The van der Waals surface area contributed by atoms with Crippen molar-refractivity contribution in [1.82, 2.24) is 15.5 Å². The van der Waals surface area contributed by atoms with Crippen molar-refractivity contribution in [1.29, 1.82) is 0 Å². The number of amides is 1. The second-order valence-corrected chi connectivity index (χ2v) is 7.97. The zero-order valence-electron chi connectivity index (χ0n) is 17.7. The molecular weight excluding hydrogens is 370 g/mol. The van der Waals surface area contributed by atoms with Crippen LogP contribution in [0.2, 0.25) is 0 Å². The fraction of sp³-hybridized carbons (Fsp3) is 0.192. The molecule has 4 aromatic rings. The van der Waals surface area contributed by atoms with E-state index in [0.717, 1.165) is 38.7 Å². The molecule has 0 spiro atoms. The molecule has 4 rings (SSSR count). The van der Waals surface area contributed by atoms with Gasteiger partial charge in [0, 0.05) is 27.9 Å². The van der Waals surface area contributed by atoms with Crippen molar-refractivity contribution in [3.63, 3.8) is 0 Å². The van der Waals surface area contributed by atoms with E-state index in [1.165, 1.54) is 5.56 Å². The monoisotopic (exact) mass is 395 g/mol. The molecule has 1 N–H and O–H groups in total. The number of hydrogen-bond acceptors (Lipinski definition) is 3. The van der Waals surface area contributed by atoms with E-state index < -0.39 is 0 Å². The maximum Gasteiger partial charge on any atom is 0.251 e. The van der Waals surface area contributed by atoms with E-state index in [2.05, 4.69) is 59.7 Å². The van der Waals surface area contributed by atoms with Gasteiger partial charge < -0.3 is 5.32 Å². The maximum absolute atomic E-state index is 12.5. The molecule has 30 heavy (non-hydrogen) atoms. The van der Waals surface area contributed by atoms with Crippen molar-refractivity contribution in [3.8, 4) is 22.4 Å². The number of carbonyl (C=O) groups excluding carboxylic acids is 1. The van der Waals surface area contributed by atoms with E-state index in [9.17, 15) is 4.79 Å². The van der Waals surface area contributed by atoms with E-state index in [-0.39, 0.29) is 11.9 Å². The lowest BCUT2D eigenvalue weighted by Gasteiger charge is -2.13. The van der Waals surface area contributed by atoms with Crippen LogP contribution in [0.5, 0.6) is 0 Å². The van der Waals surface area contributed by atoms with Crippen LogP contribution in [-0.2, 0) is 0 Å². The number of fused-ring (bicyclic) bond motifs is 1. The lowest BCUT2D eigenvalue weighted by atomic mass is 9.94. The Kier molecular flexibility index (Phi) is 5.32. The summed E-state index contributed by atoms with van der Waals surface area (Å²) >= 11 is 0. The lowest BCUT2D eigenvalue weighted by molar-refractivity contribution is 0.0943. The summed E-state index contributed by atoms with van der Waals surface area (Å²) in [5.41, 5.74) is 7.04. The minimum Gasteiger partial charge on any atom is -0.350 e. The molecule has 3 aromatic carbocycles. The van der Waals surface area contributed by atoms with Crippen LogP contribution in [-0.4, -0.2) is 22.1 Å². The molecule has 0 aliphatic carbocycles. The van der Waals surface area contributed by atoms with Gasteiger partial charge >= 0.3 is 0 Å².